The summed E-state index contributed by atoms with van der Waals surface area (Å²) in [4.78, 5) is 4.64. The van der Waals surface area contributed by atoms with Crippen molar-refractivity contribution >= 4 is 40.3 Å². The van der Waals surface area contributed by atoms with Gasteiger partial charge in [-0.15, -0.1) is 0 Å². The molecule has 0 spiro atoms. The molecule has 0 bridgehead atoms. The molecule has 1 aromatic heterocycles. The van der Waals surface area contributed by atoms with Gasteiger partial charge in [0.05, 0.1) is 17.6 Å². The Bertz CT molecular complexity index is 620. The number of halogens is 2. The molecule has 104 valence electrons. The molecule has 0 unspecified atom stereocenters. The molecule has 0 radical (unpaired) electrons. The van der Waals surface area contributed by atoms with E-state index in [-0.39, 0.29) is 4.99 Å². The van der Waals surface area contributed by atoms with Gasteiger partial charge in [0.2, 0.25) is 0 Å². The molecule has 0 saturated heterocycles. The highest BCUT2D eigenvalue weighted by molar-refractivity contribution is 7.99. The van der Waals surface area contributed by atoms with Gasteiger partial charge in [-0.1, -0.05) is 36.1 Å². The molecular formula is C13H11F2N3S2. The zero-order valence-corrected chi connectivity index (χ0v) is 11.8. The minimum absolute atomic E-state index is 0.217. The average molecular weight is 311 g/mol. The number of hydrogen-bond donors (Lipinski definition) is 2. The predicted octanol–water partition coefficient (Wildman–Crippen LogP) is 3.77. The molecular weight excluding hydrogens is 300 g/mol. The van der Waals surface area contributed by atoms with Gasteiger partial charge in [0, 0.05) is 16.7 Å². The van der Waals surface area contributed by atoms with Crippen molar-refractivity contribution in [1.29, 1.82) is 0 Å². The molecule has 0 amide bonds. The molecule has 0 aliphatic carbocycles. The molecule has 3 N–H and O–H groups in total. The predicted molar refractivity (Wildman–Crippen MR) is 81.7 cm³/mol. The van der Waals surface area contributed by atoms with Gasteiger partial charge in [0.1, 0.15) is 4.99 Å². The maximum atomic E-state index is 12.5. The van der Waals surface area contributed by atoms with Crippen LogP contribution in [-0.4, -0.2) is 15.7 Å². The smallest absolute Gasteiger partial charge is 0.288 e. The molecule has 0 fully saturated rings. The minimum atomic E-state index is -2.48. The van der Waals surface area contributed by atoms with Gasteiger partial charge in [-0.05, 0) is 18.2 Å². The van der Waals surface area contributed by atoms with Crippen LogP contribution in [0.4, 0.5) is 20.2 Å². The number of nitrogens with zero attached hydrogens (tertiary/aromatic N) is 1. The number of thiocarbonyl (C=S) groups is 1. The summed E-state index contributed by atoms with van der Waals surface area (Å²) >= 11 is 5.43. The van der Waals surface area contributed by atoms with Gasteiger partial charge >= 0.3 is 0 Å². The standard InChI is InChI=1S/C13H11F2N3S2/c14-13(15)20-11-4-2-1-3-9(11)18-10-7-17-6-5-8(10)12(16)19/h1-7,13,18H,(H2,16,19). The normalized spacial score (nSPS) is 10.6. The topological polar surface area (TPSA) is 50.9 Å². The summed E-state index contributed by atoms with van der Waals surface area (Å²) in [6.07, 6.45) is 3.12. The molecule has 7 heteroatoms. The average Bonchev–Trinajstić information content (AvgIpc) is 2.41. The van der Waals surface area contributed by atoms with Crippen LogP contribution >= 0.6 is 24.0 Å². The van der Waals surface area contributed by atoms with Crippen molar-refractivity contribution in [3.8, 4) is 0 Å². The van der Waals surface area contributed by atoms with Crippen LogP contribution in [0.3, 0.4) is 0 Å². The van der Waals surface area contributed by atoms with Gasteiger partial charge < -0.3 is 11.1 Å². The summed E-state index contributed by atoms with van der Waals surface area (Å²) in [5.74, 6) is -2.48. The van der Waals surface area contributed by atoms with E-state index in [1.54, 1.807) is 42.7 Å². The van der Waals surface area contributed by atoms with Crippen LogP contribution in [-0.2, 0) is 0 Å². The second-order valence-corrected chi connectivity index (χ2v) is 5.26. The van der Waals surface area contributed by atoms with Gasteiger partial charge in [0.15, 0.2) is 0 Å². The zero-order valence-electron chi connectivity index (χ0n) is 10.2. The van der Waals surface area contributed by atoms with Crippen LogP contribution in [0.1, 0.15) is 5.56 Å². The van der Waals surface area contributed by atoms with Gasteiger partial charge in [0.25, 0.3) is 5.76 Å². The van der Waals surface area contributed by atoms with Crippen LogP contribution < -0.4 is 11.1 Å². The van der Waals surface area contributed by atoms with Crippen LogP contribution in [0, 0.1) is 0 Å². The largest absolute Gasteiger partial charge is 0.389 e. The summed E-state index contributed by atoms with van der Waals surface area (Å²) in [7, 11) is 0. The third kappa shape index (κ3) is 3.64. The van der Waals surface area contributed by atoms with Crippen LogP contribution in [0.2, 0.25) is 0 Å². The molecule has 0 saturated carbocycles. The first kappa shape index (κ1) is 14.7. The van der Waals surface area contributed by atoms with E-state index in [2.05, 4.69) is 10.3 Å². The first-order valence-electron chi connectivity index (χ1n) is 5.62. The Morgan fingerprint density at radius 3 is 2.70 bits per heavy atom. The molecule has 20 heavy (non-hydrogen) atoms. The van der Waals surface area contributed by atoms with Crippen LogP contribution in [0.15, 0.2) is 47.6 Å². The Morgan fingerprint density at radius 1 is 1.25 bits per heavy atom. The van der Waals surface area contributed by atoms with Crippen LogP contribution in [0.25, 0.3) is 0 Å². The van der Waals surface area contributed by atoms with E-state index in [1.165, 1.54) is 0 Å². The molecule has 1 heterocycles. The monoisotopic (exact) mass is 311 g/mol. The Labute approximate surface area is 124 Å². The number of hydrogen-bond acceptors (Lipinski definition) is 4. The Kier molecular flexibility index (Phi) is 4.86. The highest BCUT2D eigenvalue weighted by Crippen LogP contribution is 2.33. The summed E-state index contributed by atoms with van der Waals surface area (Å²) in [6, 6.07) is 8.47. The molecule has 1 aromatic carbocycles. The highest BCUT2D eigenvalue weighted by Gasteiger charge is 2.11. The van der Waals surface area contributed by atoms with Crippen LogP contribution in [0.5, 0.6) is 0 Å². The fraction of sp³-hybridized carbons (Fsp3) is 0.0769. The fourth-order valence-corrected chi connectivity index (χ4v) is 2.40. The first-order chi connectivity index (χ1) is 9.58. The maximum Gasteiger partial charge on any atom is 0.288 e. The molecule has 2 aromatic rings. The molecule has 0 aliphatic rings. The van der Waals surface area contributed by atoms with Crippen molar-refractivity contribution in [2.24, 2.45) is 5.73 Å². The quantitative estimate of drug-likeness (QED) is 0.650. The Morgan fingerprint density at radius 2 is 2.00 bits per heavy atom. The van der Waals surface area contributed by atoms with E-state index in [9.17, 15) is 8.78 Å². The third-order valence-corrected chi connectivity index (χ3v) is 3.47. The van der Waals surface area contributed by atoms with Gasteiger partial charge in [-0.3, -0.25) is 4.98 Å². The first-order valence-corrected chi connectivity index (χ1v) is 6.91. The second-order valence-electron chi connectivity index (χ2n) is 3.79. The number of nitrogens with two attached hydrogens (primary N) is 1. The SMILES string of the molecule is NC(=S)c1ccncc1Nc1ccccc1SC(F)F. The molecule has 2 rings (SSSR count). The zero-order chi connectivity index (χ0) is 14.5. The second kappa shape index (κ2) is 6.62. The van der Waals surface area contributed by atoms with Crippen molar-refractivity contribution < 1.29 is 8.78 Å². The number of aromatic nitrogens is 1. The molecule has 3 nitrogen and oxygen atoms in total. The molecule has 0 atom stereocenters. The van der Waals surface area contributed by atoms with E-state index in [1.807, 2.05) is 0 Å². The summed E-state index contributed by atoms with van der Waals surface area (Å²) in [5.41, 5.74) is 7.39. The number of thioether (sulfide) groups is 1. The van der Waals surface area contributed by atoms with Gasteiger partial charge in [-0.25, -0.2) is 0 Å². The lowest BCUT2D eigenvalue weighted by Gasteiger charge is -2.13. The minimum Gasteiger partial charge on any atom is -0.389 e. The summed E-state index contributed by atoms with van der Waals surface area (Å²) in [6.45, 7) is 0. The molecule has 0 aliphatic heterocycles. The fourth-order valence-electron chi connectivity index (χ4n) is 1.62. The summed E-state index contributed by atoms with van der Waals surface area (Å²) in [5, 5.41) is 3.04. The van der Waals surface area contributed by atoms with Crippen molar-refractivity contribution in [2.75, 3.05) is 5.32 Å². The lowest BCUT2D eigenvalue weighted by Crippen LogP contribution is -2.12. The lowest BCUT2D eigenvalue weighted by molar-refractivity contribution is 0.252. The van der Waals surface area contributed by atoms with Crippen molar-refractivity contribution in [3.63, 3.8) is 0 Å². The Hall–Kier alpha value is -1.73. The number of alkyl halides is 2. The number of para-hydroxylation sites is 1. The summed E-state index contributed by atoms with van der Waals surface area (Å²) < 4.78 is 25.1. The van der Waals surface area contributed by atoms with Crippen molar-refractivity contribution in [1.82, 2.24) is 4.98 Å². The van der Waals surface area contributed by atoms with E-state index in [4.69, 9.17) is 18.0 Å². The van der Waals surface area contributed by atoms with Crippen molar-refractivity contribution in [2.45, 2.75) is 10.7 Å². The highest BCUT2D eigenvalue weighted by atomic mass is 32.2. The lowest BCUT2D eigenvalue weighted by atomic mass is 10.2. The van der Waals surface area contributed by atoms with E-state index < -0.39 is 5.76 Å². The number of anilines is 2. The van der Waals surface area contributed by atoms with E-state index in [0.717, 1.165) is 0 Å². The number of rotatable bonds is 5. The third-order valence-electron chi connectivity index (χ3n) is 2.46. The Balaban J connectivity index is 2.33. The van der Waals surface area contributed by atoms with Crippen molar-refractivity contribution in [3.05, 3.63) is 48.3 Å². The van der Waals surface area contributed by atoms with Gasteiger partial charge in [-0.2, -0.15) is 8.78 Å². The van der Waals surface area contributed by atoms with E-state index in [0.29, 0.717) is 33.6 Å². The number of nitrogens with one attached hydrogen (secondary N) is 1. The maximum absolute atomic E-state index is 12.5. The van der Waals surface area contributed by atoms with E-state index >= 15 is 0 Å². The number of benzene rings is 1. The number of pyridine rings is 1.